The Labute approximate surface area is 155 Å². The highest BCUT2D eigenvalue weighted by atomic mass is 32.1. The maximum Gasteiger partial charge on any atom is 0.308 e. The Bertz CT molecular complexity index is 1060. The standard InChI is InChI=1S/C16H12N4O4S2/c17-7-10-2-5-25-14(10)19-12(21)8-24-13(22)1-4-20-9-18-15-11(16(20)23)3-6-26-15/h2-3,5-6,9H,1,4,8H2,(H,19,21). The zero-order valence-electron chi connectivity index (χ0n) is 13.3. The zero-order valence-corrected chi connectivity index (χ0v) is 14.9. The van der Waals surface area contributed by atoms with Crippen molar-refractivity contribution >= 4 is 49.8 Å². The lowest BCUT2D eigenvalue weighted by molar-refractivity contribution is -0.147. The van der Waals surface area contributed by atoms with E-state index in [1.54, 1.807) is 22.9 Å². The number of nitrogens with zero attached hydrogens (tertiary/aromatic N) is 3. The minimum atomic E-state index is -0.607. The van der Waals surface area contributed by atoms with E-state index in [2.05, 4.69) is 10.3 Å². The third kappa shape index (κ3) is 3.96. The minimum absolute atomic E-state index is 0.0625. The lowest BCUT2D eigenvalue weighted by Gasteiger charge is -2.07. The van der Waals surface area contributed by atoms with E-state index in [0.29, 0.717) is 20.8 Å². The van der Waals surface area contributed by atoms with Crippen molar-refractivity contribution in [1.82, 2.24) is 9.55 Å². The highest BCUT2D eigenvalue weighted by Gasteiger charge is 2.12. The number of ether oxygens (including phenoxy) is 1. The molecule has 26 heavy (non-hydrogen) atoms. The Morgan fingerprint density at radius 3 is 2.92 bits per heavy atom. The van der Waals surface area contributed by atoms with Crippen molar-refractivity contribution in [2.45, 2.75) is 13.0 Å². The largest absolute Gasteiger partial charge is 0.456 e. The summed E-state index contributed by atoms with van der Waals surface area (Å²) in [6.07, 6.45) is 1.33. The second-order valence-electron chi connectivity index (χ2n) is 5.12. The number of esters is 1. The molecule has 0 unspecified atom stereocenters. The van der Waals surface area contributed by atoms with Crippen molar-refractivity contribution in [3.8, 4) is 6.07 Å². The van der Waals surface area contributed by atoms with Gasteiger partial charge in [0, 0.05) is 6.54 Å². The molecular formula is C16H12N4O4S2. The number of aromatic nitrogens is 2. The number of carbonyl (C=O) groups is 2. The Balaban J connectivity index is 1.49. The number of hydrogen-bond acceptors (Lipinski definition) is 8. The first kappa shape index (κ1) is 17.8. The summed E-state index contributed by atoms with van der Waals surface area (Å²) in [5.74, 6) is -1.14. The van der Waals surface area contributed by atoms with Crippen LogP contribution in [-0.2, 0) is 20.9 Å². The number of nitriles is 1. The topological polar surface area (TPSA) is 114 Å². The molecule has 0 fully saturated rings. The fourth-order valence-electron chi connectivity index (χ4n) is 2.14. The van der Waals surface area contributed by atoms with Crippen molar-refractivity contribution in [3.05, 3.63) is 45.1 Å². The fraction of sp³-hybridized carbons (Fsp3) is 0.188. The van der Waals surface area contributed by atoms with Crippen LogP contribution in [0.25, 0.3) is 10.2 Å². The number of nitrogens with one attached hydrogen (secondary N) is 1. The molecule has 1 amide bonds. The van der Waals surface area contributed by atoms with Gasteiger partial charge >= 0.3 is 5.97 Å². The molecule has 0 saturated carbocycles. The van der Waals surface area contributed by atoms with Crippen LogP contribution in [0.15, 0.2) is 34.0 Å². The molecule has 3 aromatic rings. The number of rotatable bonds is 6. The van der Waals surface area contributed by atoms with Gasteiger partial charge in [-0.15, -0.1) is 22.7 Å². The average Bonchev–Trinajstić information content (AvgIpc) is 3.28. The molecule has 0 aliphatic heterocycles. The zero-order chi connectivity index (χ0) is 18.5. The number of fused-ring (bicyclic) bond motifs is 1. The van der Waals surface area contributed by atoms with Crippen molar-refractivity contribution in [2.75, 3.05) is 11.9 Å². The van der Waals surface area contributed by atoms with E-state index >= 15 is 0 Å². The molecule has 3 rings (SSSR count). The predicted octanol–water partition coefficient (Wildman–Crippen LogP) is 1.96. The van der Waals surface area contributed by atoms with Crippen LogP contribution in [0.5, 0.6) is 0 Å². The first-order valence-corrected chi connectivity index (χ1v) is 9.20. The number of aryl methyl sites for hydroxylation is 1. The van der Waals surface area contributed by atoms with Crippen LogP contribution in [0.2, 0.25) is 0 Å². The molecule has 10 heteroatoms. The van der Waals surface area contributed by atoms with Crippen LogP contribution >= 0.6 is 22.7 Å². The molecule has 0 bridgehead atoms. The molecule has 1 N–H and O–H groups in total. The SMILES string of the molecule is N#Cc1ccsc1NC(=O)COC(=O)CCn1cnc2sccc2c1=O. The summed E-state index contributed by atoms with van der Waals surface area (Å²) in [5.41, 5.74) is 0.133. The maximum atomic E-state index is 12.2. The van der Waals surface area contributed by atoms with Crippen LogP contribution in [0.1, 0.15) is 12.0 Å². The molecule has 0 aromatic carbocycles. The van der Waals surface area contributed by atoms with E-state index in [1.165, 1.54) is 33.6 Å². The van der Waals surface area contributed by atoms with E-state index in [0.717, 1.165) is 0 Å². The summed E-state index contributed by atoms with van der Waals surface area (Å²) in [6, 6.07) is 5.23. The van der Waals surface area contributed by atoms with Gasteiger partial charge in [-0.05, 0) is 22.9 Å². The van der Waals surface area contributed by atoms with Gasteiger partial charge in [0.2, 0.25) is 0 Å². The van der Waals surface area contributed by atoms with E-state index in [-0.39, 0.29) is 18.5 Å². The molecule has 0 atom stereocenters. The average molecular weight is 388 g/mol. The van der Waals surface area contributed by atoms with Gasteiger partial charge in [0.05, 0.1) is 23.7 Å². The molecule has 0 spiro atoms. The Hall–Kier alpha value is -3.03. The molecule has 0 radical (unpaired) electrons. The summed E-state index contributed by atoms with van der Waals surface area (Å²) in [5, 5.41) is 15.8. The quantitative estimate of drug-likeness (QED) is 0.646. The normalized spacial score (nSPS) is 10.4. The van der Waals surface area contributed by atoms with Gasteiger partial charge in [-0.2, -0.15) is 5.26 Å². The fourth-order valence-corrected chi connectivity index (χ4v) is 3.62. The van der Waals surface area contributed by atoms with Crippen LogP contribution in [0.3, 0.4) is 0 Å². The van der Waals surface area contributed by atoms with E-state index in [4.69, 9.17) is 10.00 Å². The van der Waals surface area contributed by atoms with Gasteiger partial charge in [0.25, 0.3) is 11.5 Å². The van der Waals surface area contributed by atoms with Crippen molar-refractivity contribution in [3.63, 3.8) is 0 Å². The molecule has 3 aromatic heterocycles. The van der Waals surface area contributed by atoms with E-state index in [9.17, 15) is 14.4 Å². The van der Waals surface area contributed by atoms with Gasteiger partial charge in [-0.25, -0.2) is 4.98 Å². The number of carbonyl (C=O) groups excluding carboxylic acids is 2. The first-order chi connectivity index (χ1) is 12.6. The summed E-state index contributed by atoms with van der Waals surface area (Å²) in [6.45, 7) is -0.347. The third-order valence-corrected chi connectivity index (χ3v) is 5.06. The van der Waals surface area contributed by atoms with Gasteiger partial charge in [-0.3, -0.25) is 19.0 Å². The van der Waals surface area contributed by atoms with E-state index < -0.39 is 18.5 Å². The van der Waals surface area contributed by atoms with Crippen LogP contribution < -0.4 is 10.9 Å². The van der Waals surface area contributed by atoms with Gasteiger partial charge in [-0.1, -0.05) is 0 Å². The molecule has 0 aliphatic rings. The first-order valence-electron chi connectivity index (χ1n) is 7.44. The number of amides is 1. The maximum absolute atomic E-state index is 12.2. The van der Waals surface area contributed by atoms with Gasteiger partial charge in [0.1, 0.15) is 15.9 Å². The molecule has 0 aliphatic carbocycles. The minimum Gasteiger partial charge on any atom is -0.456 e. The molecule has 3 heterocycles. The van der Waals surface area contributed by atoms with Crippen LogP contribution in [0, 0.1) is 11.3 Å². The highest BCUT2D eigenvalue weighted by Crippen LogP contribution is 2.21. The number of thiophene rings is 2. The van der Waals surface area contributed by atoms with Crippen molar-refractivity contribution in [1.29, 1.82) is 5.26 Å². The van der Waals surface area contributed by atoms with Gasteiger partial charge < -0.3 is 10.1 Å². The summed E-state index contributed by atoms with van der Waals surface area (Å²) < 4.78 is 6.23. The Kier molecular flexibility index (Phi) is 5.40. The van der Waals surface area contributed by atoms with E-state index in [1.807, 2.05) is 6.07 Å². The van der Waals surface area contributed by atoms with Crippen molar-refractivity contribution in [2.24, 2.45) is 0 Å². The third-order valence-electron chi connectivity index (χ3n) is 3.41. The molecule has 132 valence electrons. The molecule has 0 saturated heterocycles. The number of anilines is 1. The van der Waals surface area contributed by atoms with Crippen LogP contribution in [-0.4, -0.2) is 28.0 Å². The Morgan fingerprint density at radius 2 is 2.12 bits per heavy atom. The number of hydrogen-bond donors (Lipinski definition) is 1. The van der Waals surface area contributed by atoms with Crippen molar-refractivity contribution < 1.29 is 14.3 Å². The Morgan fingerprint density at radius 1 is 1.31 bits per heavy atom. The monoisotopic (exact) mass is 388 g/mol. The highest BCUT2D eigenvalue weighted by molar-refractivity contribution is 7.16. The van der Waals surface area contributed by atoms with Gasteiger partial charge in [0.15, 0.2) is 6.61 Å². The molecular weight excluding hydrogens is 376 g/mol. The second kappa shape index (κ2) is 7.90. The smallest absolute Gasteiger partial charge is 0.308 e. The molecule has 8 nitrogen and oxygen atoms in total. The van der Waals surface area contributed by atoms with Crippen LogP contribution in [0.4, 0.5) is 5.00 Å². The summed E-state index contributed by atoms with van der Waals surface area (Å²) >= 11 is 2.58. The lowest BCUT2D eigenvalue weighted by Crippen LogP contribution is -2.24. The lowest BCUT2D eigenvalue weighted by atomic mass is 10.3. The predicted molar refractivity (Wildman–Crippen MR) is 97.1 cm³/mol. The summed E-state index contributed by atoms with van der Waals surface area (Å²) in [7, 11) is 0. The summed E-state index contributed by atoms with van der Waals surface area (Å²) in [4.78, 5) is 40.6. The second-order valence-corrected chi connectivity index (χ2v) is 6.93.